The molecule has 0 atom stereocenters. The molecule has 16 heavy (non-hydrogen) atoms. The number of hydrogen-bond donors (Lipinski definition) is 2. The van der Waals surface area contributed by atoms with E-state index in [0.717, 1.165) is 24.7 Å². The maximum atomic E-state index is 12.9. The van der Waals surface area contributed by atoms with Crippen molar-refractivity contribution < 1.29 is 4.39 Å². The van der Waals surface area contributed by atoms with E-state index in [-0.39, 0.29) is 11.4 Å². The van der Waals surface area contributed by atoms with Crippen molar-refractivity contribution >= 4 is 5.69 Å². The molecule has 1 aliphatic carbocycles. The molecule has 0 radical (unpaired) electrons. The summed E-state index contributed by atoms with van der Waals surface area (Å²) in [5.41, 5.74) is 1.03. The highest BCUT2D eigenvalue weighted by Crippen LogP contribution is 2.43. The van der Waals surface area contributed by atoms with Crippen LogP contribution in [0.25, 0.3) is 0 Å². The Hall–Kier alpha value is -1.16. The van der Waals surface area contributed by atoms with Crippen LogP contribution in [-0.2, 0) is 0 Å². The van der Waals surface area contributed by atoms with Gasteiger partial charge in [0.05, 0.1) is 18.1 Å². The van der Waals surface area contributed by atoms with E-state index in [4.69, 9.17) is 0 Å². The second kappa shape index (κ2) is 3.70. The third kappa shape index (κ3) is 1.78. The molecule has 3 fully saturated rings. The van der Waals surface area contributed by atoms with Crippen molar-refractivity contribution in [1.82, 2.24) is 10.3 Å². The molecule has 2 bridgehead atoms. The van der Waals surface area contributed by atoms with Crippen molar-refractivity contribution in [3.05, 3.63) is 24.3 Å². The van der Waals surface area contributed by atoms with Crippen LogP contribution in [0.15, 0.2) is 18.5 Å². The Morgan fingerprint density at radius 1 is 1.50 bits per heavy atom. The highest BCUT2D eigenvalue weighted by molar-refractivity contribution is 5.41. The Morgan fingerprint density at radius 3 is 3.06 bits per heavy atom. The Labute approximate surface area is 94.5 Å². The molecule has 0 spiro atoms. The maximum Gasteiger partial charge on any atom is 0.143 e. The number of aromatic nitrogens is 1. The second-order valence-electron chi connectivity index (χ2n) is 5.02. The maximum absolute atomic E-state index is 12.9. The van der Waals surface area contributed by atoms with Crippen molar-refractivity contribution in [1.29, 1.82) is 0 Å². The van der Waals surface area contributed by atoms with Gasteiger partial charge in [0.15, 0.2) is 0 Å². The lowest BCUT2D eigenvalue weighted by Gasteiger charge is -2.53. The molecule has 3 heterocycles. The number of piperidine rings is 2. The monoisotopic (exact) mass is 221 g/mol. The fraction of sp³-hybridized carbons (Fsp3) is 0.583. The number of pyridine rings is 1. The van der Waals surface area contributed by atoms with Crippen LogP contribution in [0.4, 0.5) is 10.1 Å². The molecule has 0 amide bonds. The summed E-state index contributed by atoms with van der Waals surface area (Å²) < 4.78 is 12.9. The summed E-state index contributed by atoms with van der Waals surface area (Å²) in [7, 11) is 0. The molecule has 1 aromatic rings. The molecule has 4 heteroatoms. The predicted molar refractivity (Wildman–Crippen MR) is 60.8 cm³/mol. The third-order valence-corrected chi connectivity index (χ3v) is 3.75. The Bertz CT molecular complexity index is 382. The second-order valence-corrected chi connectivity index (χ2v) is 5.02. The molecule has 86 valence electrons. The van der Waals surface area contributed by atoms with E-state index in [1.807, 2.05) is 0 Å². The van der Waals surface area contributed by atoms with Gasteiger partial charge in [0.2, 0.25) is 0 Å². The zero-order valence-electron chi connectivity index (χ0n) is 9.17. The average molecular weight is 221 g/mol. The van der Waals surface area contributed by atoms with Crippen molar-refractivity contribution in [2.45, 2.75) is 24.8 Å². The van der Waals surface area contributed by atoms with Gasteiger partial charge >= 0.3 is 0 Å². The van der Waals surface area contributed by atoms with Gasteiger partial charge in [0, 0.05) is 18.2 Å². The van der Waals surface area contributed by atoms with Crippen LogP contribution in [-0.4, -0.2) is 23.6 Å². The van der Waals surface area contributed by atoms with E-state index >= 15 is 0 Å². The lowest BCUT2D eigenvalue weighted by molar-refractivity contribution is 0.0639. The first-order valence-electron chi connectivity index (χ1n) is 5.85. The van der Waals surface area contributed by atoms with Crippen LogP contribution in [0.1, 0.15) is 19.3 Å². The highest BCUT2D eigenvalue weighted by atomic mass is 19.1. The smallest absolute Gasteiger partial charge is 0.143 e. The fourth-order valence-electron chi connectivity index (χ4n) is 2.92. The number of rotatable bonds is 3. The molecule has 3 nitrogen and oxygen atoms in total. The molecule has 2 N–H and O–H groups in total. The van der Waals surface area contributed by atoms with Crippen LogP contribution in [0.2, 0.25) is 0 Å². The minimum Gasteiger partial charge on any atom is -0.382 e. The number of halogens is 1. The van der Waals surface area contributed by atoms with E-state index in [9.17, 15) is 4.39 Å². The van der Waals surface area contributed by atoms with Gasteiger partial charge in [-0.2, -0.15) is 0 Å². The number of nitrogens with one attached hydrogen (secondary N) is 2. The minimum absolute atomic E-state index is 0.259. The van der Waals surface area contributed by atoms with E-state index < -0.39 is 0 Å². The zero-order chi connectivity index (χ0) is 11.0. The molecular weight excluding hydrogens is 205 g/mol. The normalized spacial score (nSPS) is 31.9. The van der Waals surface area contributed by atoms with E-state index in [1.165, 1.54) is 31.5 Å². The van der Waals surface area contributed by atoms with Crippen LogP contribution in [0.3, 0.4) is 0 Å². The molecule has 0 unspecified atom stereocenters. The Balaban J connectivity index is 1.60. The first kappa shape index (κ1) is 10.0. The SMILES string of the molecule is Fc1cncc(NCC23CC(CCN2)C3)c1. The van der Waals surface area contributed by atoms with Gasteiger partial charge in [-0.1, -0.05) is 0 Å². The van der Waals surface area contributed by atoms with Crippen LogP contribution < -0.4 is 10.6 Å². The summed E-state index contributed by atoms with van der Waals surface area (Å²) in [4.78, 5) is 3.83. The lowest BCUT2D eigenvalue weighted by Crippen LogP contribution is -2.63. The first-order chi connectivity index (χ1) is 7.76. The number of nitrogens with zero attached hydrogens (tertiary/aromatic N) is 1. The largest absolute Gasteiger partial charge is 0.382 e. The number of anilines is 1. The minimum atomic E-state index is -0.286. The molecule has 2 aliphatic heterocycles. The van der Waals surface area contributed by atoms with Crippen molar-refractivity contribution in [2.24, 2.45) is 5.92 Å². The van der Waals surface area contributed by atoms with Crippen molar-refractivity contribution in [3.8, 4) is 0 Å². The summed E-state index contributed by atoms with van der Waals surface area (Å²) in [6, 6.07) is 1.49. The lowest BCUT2D eigenvalue weighted by atomic mass is 9.64. The highest BCUT2D eigenvalue weighted by Gasteiger charge is 2.46. The summed E-state index contributed by atoms with van der Waals surface area (Å²) in [6.45, 7) is 1.99. The van der Waals surface area contributed by atoms with Crippen LogP contribution >= 0.6 is 0 Å². The zero-order valence-corrected chi connectivity index (χ0v) is 9.17. The summed E-state index contributed by atoms with van der Waals surface area (Å²) >= 11 is 0. The summed E-state index contributed by atoms with van der Waals surface area (Å²) in [5, 5.41) is 6.84. The Kier molecular flexibility index (Phi) is 2.32. The molecule has 3 aliphatic rings. The summed E-state index contributed by atoms with van der Waals surface area (Å²) in [6.07, 6.45) is 6.70. The number of fused-ring (bicyclic) bond motifs is 2. The van der Waals surface area contributed by atoms with E-state index in [1.54, 1.807) is 6.20 Å². The molecule has 1 aromatic heterocycles. The van der Waals surface area contributed by atoms with Crippen molar-refractivity contribution in [2.75, 3.05) is 18.4 Å². The Morgan fingerprint density at radius 2 is 2.38 bits per heavy atom. The third-order valence-electron chi connectivity index (χ3n) is 3.75. The van der Waals surface area contributed by atoms with Gasteiger partial charge in [-0.05, 0) is 31.7 Å². The van der Waals surface area contributed by atoms with Gasteiger partial charge in [0.25, 0.3) is 0 Å². The number of hydrogen-bond acceptors (Lipinski definition) is 3. The molecule has 1 saturated carbocycles. The average Bonchev–Trinajstić information content (AvgIpc) is 2.26. The van der Waals surface area contributed by atoms with Gasteiger partial charge < -0.3 is 10.6 Å². The quantitative estimate of drug-likeness (QED) is 0.817. The van der Waals surface area contributed by atoms with E-state index in [2.05, 4.69) is 15.6 Å². The molecule has 4 rings (SSSR count). The summed E-state index contributed by atoms with van der Waals surface area (Å²) in [5.74, 6) is 0.624. The van der Waals surface area contributed by atoms with E-state index in [0.29, 0.717) is 0 Å². The first-order valence-corrected chi connectivity index (χ1v) is 5.85. The van der Waals surface area contributed by atoms with Crippen LogP contribution in [0, 0.1) is 11.7 Å². The predicted octanol–water partition coefficient (Wildman–Crippen LogP) is 1.77. The van der Waals surface area contributed by atoms with Gasteiger partial charge in [0.1, 0.15) is 5.82 Å². The molecule has 2 saturated heterocycles. The van der Waals surface area contributed by atoms with Gasteiger partial charge in [-0.3, -0.25) is 4.98 Å². The molecular formula is C12H16FN3. The molecule has 0 aromatic carbocycles. The standard InChI is InChI=1S/C12H16FN3/c13-10-3-11(7-14-6-10)15-8-12-4-9(5-12)1-2-16-12/h3,6-7,9,15-16H,1-2,4-5,8H2. The van der Waals surface area contributed by atoms with Crippen molar-refractivity contribution in [3.63, 3.8) is 0 Å². The topological polar surface area (TPSA) is 37.0 Å². The van der Waals surface area contributed by atoms with Crippen LogP contribution in [0.5, 0.6) is 0 Å². The van der Waals surface area contributed by atoms with Gasteiger partial charge in [-0.25, -0.2) is 4.39 Å². The van der Waals surface area contributed by atoms with Gasteiger partial charge in [-0.15, -0.1) is 0 Å². The fourth-order valence-corrected chi connectivity index (χ4v) is 2.92.